The fourth-order valence-corrected chi connectivity index (χ4v) is 3.00. The maximum Gasteiger partial charge on any atom is 0.433 e. The number of benzene rings is 1. The molecule has 150 valence electrons. The van der Waals surface area contributed by atoms with E-state index in [-0.39, 0.29) is 11.3 Å². The van der Waals surface area contributed by atoms with E-state index >= 15 is 0 Å². The zero-order valence-corrected chi connectivity index (χ0v) is 14.9. The molecule has 4 rings (SSSR count). The quantitative estimate of drug-likeness (QED) is 0.661. The first-order valence-corrected chi connectivity index (χ1v) is 8.73. The van der Waals surface area contributed by atoms with E-state index in [0.29, 0.717) is 42.9 Å². The number of ether oxygens (including phenoxy) is 1. The van der Waals surface area contributed by atoms with E-state index in [4.69, 9.17) is 4.74 Å². The fraction of sp³-hybridized carbons (Fsp3) is 0.263. The molecule has 0 spiro atoms. The number of amides is 1. The number of nitrogens with one attached hydrogen (secondary N) is 1. The van der Waals surface area contributed by atoms with Crippen molar-refractivity contribution in [2.75, 3.05) is 18.5 Å². The number of carbonyl (C=O) groups excluding carboxylic acids is 2. The number of rotatable bonds is 5. The average molecular weight is 404 g/mol. The van der Waals surface area contributed by atoms with Crippen LogP contribution in [0.15, 0.2) is 36.5 Å². The number of fused-ring (bicyclic) bond motifs is 1. The van der Waals surface area contributed by atoms with Gasteiger partial charge >= 0.3 is 6.18 Å². The molecule has 0 saturated carbocycles. The molecule has 1 fully saturated rings. The van der Waals surface area contributed by atoms with Crippen molar-refractivity contribution < 1.29 is 27.5 Å². The third-order valence-electron chi connectivity index (χ3n) is 4.52. The van der Waals surface area contributed by atoms with Crippen molar-refractivity contribution in [3.8, 4) is 0 Å². The van der Waals surface area contributed by atoms with Gasteiger partial charge in [-0.1, -0.05) is 6.07 Å². The van der Waals surface area contributed by atoms with E-state index in [9.17, 15) is 22.8 Å². The first-order chi connectivity index (χ1) is 13.8. The highest BCUT2D eigenvalue weighted by Crippen LogP contribution is 2.28. The predicted molar refractivity (Wildman–Crippen MR) is 96.6 cm³/mol. The monoisotopic (exact) mass is 404 g/mol. The van der Waals surface area contributed by atoms with Crippen molar-refractivity contribution >= 4 is 28.8 Å². The molecular weight excluding hydrogens is 389 g/mol. The van der Waals surface area contributed by atoms with Gasteiger partial charge in [0, 0.05) is 29.6 Å². The molecule has 1 aromatic carbocycles. The highest BCUT2D eigenvalue weighted by molar-refractivity contribution is 6.07. The Kier molecular flexibility index (Phi) is 4.79. The van der Waals surface area contributed by atoms with Crippen LogP contribution in [0.1, 0.15) is 26.5 Å². The molecule has 0 aliphatic carbocycles. The van der Waals surface area contributed by atoms with E-state index in [1.807, 2.05) is 0 Å². The van der Waals surface area contributed by atoms with Gasteiger partial charge < -0.3 is 10.1 Å². The van der Waals surface area contributed by atoms with Gasteiger partial charge in [-0.3, -0.25) is 14.3 Å². The van der Waals surface area contributed by atoms with Gasteiger partial charge in [0.15, 0.2) is 6.29 Å². The summed E-state index contributed by atoms with van der Waals surface area (Å²) in [5, 5.41) is 7.56. The molecule has 7 nitrogen and oxygen atoms in total. The summed E-state index contributed by atoms with van der Waals surface area (Å²) in [5.41, 5.74) is -0.671. The van der Waals surface area contributed by atoms with Crippen LogP contribution < -0.4 is 5.32 Å². The zero-order chi connectivity index (χ0) is 20.6. The van der Waals surface area contributed by atoms with Gasteiger partial charge in [0.05, 0.1) is 24.4 Å². The summed E-state index contributed by atoms with van der Waals surface area (Å²) in [4.78, 5) is 27.2. The number of aromatic nitrogens is 3. The molecule has 3 heterocycles. The fourth-order valence-electron chi connectivity index (χ4n) is 3.00. The Morgan fingerprint density at radius 2 is 2.10 bits per heavy atom. The van der Waals surface area contributed by atoms with Crippen LogP contribution >= 0.6 is 0 Å². The lowest BCUT2D eigenvalue weighted by molar-refractivity contribution is -0.141. The highest BCUT2D eigenvalue weighted by Gasteiger charge is 2.33. The minimum absolute atomic E-state index is 0.162. The van der Waals surface area contributed by atoms with Crippen LogP contribution in [0.2, 0.25) is 0 Å². The van der Waals surface area contributed by atoms with E-state index in [1.165, 1.54) is 12.1 Å². The molecule has 1 aliphatic heterocycles. The van der Waals surface area contributed by atoms with E-state index < -0.39 is 23.5 Å². The topological polar surface area (TPSA) is 86.1 Å². The lowest BCUT2D eigenvalue weighted by atomic mass is 10.1. The largest absolute Gasteiger partial charge is 0.433 e. The van der Waals surface area contributed by atoms with E-state index in [2.05, 4.69) is 15.4 Å². The minimum Gasteiger partial charge on any atom is -0.381 e. The Labute approximate surface area is 162 Å². The summed E-state index contributed by atoms with van der Waals surface area (Å²) in [6.07, 6.45) is -2.34. The predicted octanol–water partition coefficient (Wildman–Crippen LogP) is 3.16. The van der Waals surface area contributed by atoms with Crippen molar-refractivity contribution in [1.29, 1.82) is 0 Å². The molecule has 0 bridgehead atoms. The molecule has 0 unspecified atom stereocenters. The van der Waals surface area contributed by atoms with Crippen molar-refractivity contribution in [2.45, 2.75) is 12.7 Å². The average Bonchev–Trinajstić information content (AvgIpc) is 3.05. The molecule has 0 atom stereocenters. The number of hydrogen-bond donors (Lipinski definition) is 1. The number of anilines is 1. The molecule has 2 aromatic heterocycles. The Bertz CT molecular complexity index is 1090. The molecule has 1 amide bonds. The van der Waals surface area contributed by atoms with Crippen molar-refractivity contribution in [2.24, 2.45) is 5.92 Å². The maximum atomic E-state index is 12.8. The van der Waals surface area contributed by atoms with Crippen molar-refractivity contribution in [3.63, 3.8) is 0 Å². The molecule has 1 saturated heterocycles. The number of carbonyl (C=O) groups is 2. The number of aldehydes is 1. The second kappa shape index (κ2) is 7.28. The van der Waals surface area contributed by atoms with Gasteiger partial charge in [-0.2, -0.15) is 18.3 Å². The molecule has 0 radical (unpaired) electrons. The second-order valence-electron chi connectivity index (χ2n) is 6.73. The smallest absolute Gasteiger partial charge is 0.381 e. The van der Waals surface area contributed by atoms with Crippen LogP contribution in [0, 0.1) is 5.92 Å². The molecule has 3 aromatic rings. The Morgan fingerprint density at radius 1 is 1.31 bits per heavy atom. The van der Waals surface area contributed by atoms with Crippen LogP contribution in [-0.4, -0.2) is 40.2 Å². The van der Waals surface area contributed by atoms with Gasteiger partial charge in [-0.15, -0.1) is 0 Å². The van der Waals surface area contributed by atoms with Crippen LogP contribution in [0.25, 0.3) is 10.9 Å². The number of pyridine rings is 1. The maximum absolute atomic E-state index is 12.8. The van der Waals surface area contributed by atoms with Gasteiger partial charge in [0.1, 0.15) is 11.4 Å². The van der Waals surface area contributed by atoms with Crippen LogP contribution in [0.5, 0.6) is 0 Å². The Balaban J connectivity index is 1.60. The van der Waals surface area contributed by atoms with Crippen molar-refractivity contribution in [3.05, 3.63) is 53.5 Å². The molecule has 1 N–H and O–H groups in total. The lowest BCUT2D eigenvalue weighted by Gasteiger charge is -2.25. The van der Waals surface area contributed by atoms with Crippen molar-refractivity contribution in [1.82, 2.24) is 14.8 Å². The Hall–Kier alpha value is -3.27. The van der Waals surface area contributed by atoms with Gasteiger partial charge in [-0.05, 0) is 24.3 Å². The first-order valence-electron chi connectivity index (χ1n) is 8.73. The third kappa shape index (κ3) is 3.97. The van der Waals surface area contributed by atoms with Gasteiger partial charge in [0.2, 0.25) is 0 Å². The Morgan fingerprint density at radius 3 is 2.76 bits per heavy atom. The zero-order valence-electron chi connectivity index (χ0n) is 14.9. The summed E-state index contributed by atoms with van der Waals surface area (Å²) in [6, 6.07) is 6.13. The summed E-state index contributed by atoms with van der Waals surface area (Å²) in [5.74, 6) is -0.474. The molecule has 29 heavy (non-hydrogen) atoms. The minimum atomic E-state index is -4.66. The highest BCUT2D eigenvalue weighted by atomic mass is 19.4. The summed E-state index contributed by atoms with van der Waals surface area (Å²) < 4.78 is 45.3. The molecule has 1 aliphatic rings. The first kappa shape index (κ1) is 19.1. The number of halogens is 3. The lowest BCUT2D eigenvalue weighted by Crippen LogP contribution is -2.31. The molecular formula is C19H15F3N4O3. The standard InChI is InChI=1S/C19H15F3N4O3/c20-19(21,22)17-3-1-2-14(23-17)18(28)24-15-4-12-7-26(6-11-9-29-10-11)25-16(12)5-13(15)8-27/h1-5,7-8,11H,6,9-10H2,(H,24,28). The number of hydrogen-bond acceptors (Lipinski definition) is 5. The van der Waals surface area contributed by atoms with Crippen LogP contribution in [-0.2, 0) is 17.5 Å². The third-order valence-corrected chi connectivity index (χ3v) is 4.52. The summed E-state index contributed by atoms with van der Waals surface area (Å²) in [6.45, 7) is 2.00. The van der Waals surface area contributed by atoms with Crippen LogP contribution in [0.3, 0.4) is 0 Å². The van der Waals surface area contributed by atoms with Gasteiger partial charge in [-0.25, -0.2) is 4.98 Å². The van der Waals surface area contributed by atoms with E-state index in [0.717, 1.165) is 12.1 Å². The second-order valence-corrected chi connectivity index (χ2v) is 6.73. The van der Waals surface area contributed by atoms with Gasteiger partial charge in [0.25, 0.3) is 5.91 Å². The summed E-state index contributed by atoms with van der Waals surface area (Å²) in [7, 11) is 0. The SMILES string of the molecule is O=Cc1cc2nn(CC3COC3)cc2cc1NC(=O)c1cccc(C(F)(F)F)n1. The number of nitrogens with zero attached hydrogens (tertiary/aromatic N) is 3. The number of alkyl halides is 3. The van der Waals surface area contributed by atoms with E-state index in [1.54, 1.807) is 16.9 Å². The normalized spacial score (nSPS) is 14.6. The summed E-state index contributed by atoms with van der Waals surface area (Å²) >= 11 is 0. The molecule has 10 heteroatoms. The van der Waals surface area contributed by atoms with Crippen LogP contribution in [0.4, 0.5) is 18.9 Å².